The van der Waals surface area contributed by atoms with E-state index >= 15 is 0 Å². The molecule has 0 bridgehead atoms. The number of ether oxygens (including phenoxy) is 1. The summed E-state index contributed by atoms with van der Waals surface area (Å²) in [5, 5.41) is 5.89. The lowest BCUT2D eigenvalue weighted by atomic mass is 9.85. The van der Waals surface area contributed by atoms with Gasteiger partial charge in [-0.05, 0) is 24.3 Å². The van der Waals surface area contributed by atoms with Gasteiger partial charge in [-0.15, -0.1) is 0 Å². The molecular formula is C17H28N2O2. The van der Waals surface area contributed by atoms with Gasteiger partial charge in [0.1, 0.15) is 0 Å². The van der Waals surface area contributed by atoms with Crippen molar-refractivity contribution in [2.45, 2.75) is 40.2 Å². The Hall–Kier alpha value is -1.55. The first-order valence-electron chi connectivity index (χ1n) is 7.59. The number of hydrogen-bond donors (Lipinski definition) is 2. The number of rotatable bonds is 7. The summed E-state index contributed by atoms with van der Waals surface area (Å²) in [6.45, 7) is 10.2. The summed E-state index contributed by atoms with van der Waals surface area (Å²) in [5.41, 5.74) is 1.27. The highest BCUT2D eigenvalue weighted by Gasteiger charge is 2.21. The predicted molar refractivity (Wildman–Crippen MR) is 86.3 cm³/mol. The molecule has 4 heteroatoms. The summed E-state index contributed by atoms with van der Waals surface area (Å²) in [6, 6.07) is 9.96. The van der Waals surface area contributed by atoms with Crippen molar-refractivity contribution in [1.29, 1.82) is 0 Å². The fourth-order valence-electron chi connectivity index (χ4n) is 2.14. The highest BCUT2D eigenvalue weighted by Crippen LogP contribution is 2.29. The van der Waals surface area contributed by atoms with Gasteiger partial charge in [0.05, 0.1) is 12.6 Å². The van der Waals surface area contributed by atoms with Crippen molar-refractivity contribution in [1.82, 2.24) is 10.6 Å². The molecule has 0 fully saturated rings. The van der Waals surface area contributed by atoms with Crippen LogP contribution in [0.25, 0.3) is 0 Å². The van der Waals surface area contributed by atoms with Crippen LogP contribution in [0.2, 0.25) is 0 Å². The van der Waals surface area contributed by atoms with Crippen molar-refractivity contribution in [2.75, 3.05) is 19.8 Å². The maximum atomic E-state index is 12.0. The van der Waals surface area contributed by atoms with Crippen LogP contribution in [-0.4, -0.2) is 25.8 Å². The minimum absolute atomic E-state index is 0.0123. The van der Waals surface area contributed by atoms with Gasteiger partial charge in [0.15, 0.2) is 0 Å². The van der Waals surface area contributed by atoms with Crippen molar-refractivity contribution in [3.8, 4) is 0 Å². The van der Waals surface area contributed by atoms with Crippen molar-refractivity contribution in [3.05, 3.63) is 35.9 Å². The molecular weight excluding hydrogens is 264 g/mol. The van der Waals surface area contributed by atoms with Gasteiger partial charge in [-0.2, -0.15) is 0 Å². The van der Waals surface area contributed by atoms with E-state index < -0.39 is 0 Å². The van der Waals surface area contributed by atoms with Gasteiger partial charge in [-0.3, -0.25) is 0 Å². The van der Waals surface area contributed by atoms with E-state index in [2.05, 4.69) is 43.5 Å². The molecule has 0 aromatic heterocycles. The number of amides is 2. The number of benzene rings is 1. The lowest BCUT2D eigenvalue weighted by molar-refractivity contribution is 0.149. The van der Waals surface area contributed by atoms with Crippen LogP contribution in [0.3, 0.4) is 0 Å². The summed E-state index contributed by atoms with van der Waals surface area (Å²) in [5.74, 6) is 0. The molecule has 0 saturated heterocycles. The maximum absolute atomic E-state index is 12.0. The van der Waals surface area contributed by atoms with Gasteiger partial charge in [0.25, 0.3) is 0 Å². The summed E-state index contributed by atoms with van der Waals surface area (Å²) >= 11 is 0. The van der Waals surface area contributed by atoms with Crippen LogP contribution in [0.5, 0.6) is 0 Å². The van der Waals surface area contributed by atoms with Gasteiger partial charge in [-0.25, -0.2) is 4.79 Å². The largest absolute Gasteiger partial charge is 0.380 e. The zero-order valence-corrected chi connectivity index (χ0v) is 13.6. The third-order valence-electron chi connectivity index (χ3n) is 3.06. The first-order valence-corrected chi connectivity index (χ1v) is 7.59. The van der Waals surface area contributed by atoms with Crippen LogP contribution in [0.1, 0.15) is 45.7 Å². The fourth-order valence-corrected chi connectivity index (χ4v) is 2.14. The quantitative estimate of drug-likeness (QED) is 0.756. The third-order valence-corrected chi connectivity index (χ3v) is 3.06. The van der Waals surface area contributed by atoms with E-state index in [0.29, 0.717) is 19.8 Å². The van der Waals surface area contributed by atoms with Gasteiger partial charge in [-0.1, -0.05) is 51.1 Å². The Balaban J connectivity index is 2.59. The van der Waals surface area contributed by atoms with Crippen LogP contribution in [0, 0.1) is 5.41 Å². The normalized spacial score (nSPS) is 12.8. The predicted octanol–water partition coefficient (Wildman–Crippen LogP) is 3.50. The molecule has 4 nitrogen and oxygen atoms in total. The molecule has 1 rings (SSSR count). The molecule has 0 aliphatic rings. The number of carbonyl (C=O) groups is 1. The van der Waals surface area contributed by atoms with Gasteiger partial charge < -0.3 is 15.4 Å². The van der Waals surface area contributed by atoms with Gasteiger partial charge in [0.2, 0.25) is 0 Å². The van der Waals surface area contributed by atoms with E-state index in [1.165, 1.54) is 0 Å². The van der Waals surface area contributed by atoms with E-state index in [9.17, 15) is 4.79 Å². The first-order chi connectivity index (χ1) is 9.92. The summed E-state index contributed by atoms with van der Waals surface area (Å²) in [6.07, 6.45) is 0.885. The first kappa shape index (κ1) is 17.5. The van der Waals surface area contributed by atoms with Crippen molar-refractivity contribution >= 4 is 6.03 Å². The molecule has 1 atom stereocenters. The zero-order chi connectivity index (χ0) is 15.7. The molecule has 2 N–H and O–H groups in total. The zero-order valence-electron chi connectivity index (χ0n) is 13.6. The van der Waals surface area contributed by atoms with Gasteiger partial charge >= 0.3 is 6.03 Å². The molecule has 118 valence electrons. The van der Waals surface area contributed by atoms with Crippen LogP contribution >= 0.6 is 0 Å². The Morgan fingerprint density at radius 3 is 2.48 bits per heavy atom. The molecule has 0 radical (unpaired) electrons. The second-order valence-electron chi connectivity index (χ2n) is 6.33. The molecule has 0 saturated carbocycles. The Morgan fingerprint density at radius 1 is 1.24 bits per heavy atom. The third kappa shape index (κ3) is 7.71. The molecule has 0 aliphatic carbocycles. The lowest BCUT2D eigenvalue weighted by Crippen LogP contribution is -2.40. The molecule has 0 spiro atoms. The van der Waals surface area contributed by atoms with E-state index in [1.54, 1.807) is 0 Å². The average molecular weight is 292 g/mol. The van der Waals surface area contributed by atoms with Gasteiger partial charge in [0, 0.05) is 13.2 Å². The topological polar surface area (TPSA) is 50.4 Å². The molecule has 1 aromatic carbocycles. The smallest absolute Gasteiger partial charge is 0.315 e. The minimum Gasteiger partial charge on any atom is -0.380 e. The van der Waals surface area contributed by atoms with E-state index in [0.717, 1.165) is 12.0 Å². The Bertz CT molecular complexity index is 413. The van der Waals surface area contributed by atoms with Crippen molar-refractivity contribution < 1.29 is 9.53 Å². The van der Waals surface area contributed by atoms with Crippen molar-refractivity contribution in [3.63, 3.8) is 0 Å². The summed E-state index contributed by atoms with van der Waals surface area (Å²) in [7, 11) is 0. The molecule has 1 unspecified atom stereocenters. The highest BCUT2D eigenvalue weighted by atomic mass is 16.5. The molecule has 2 amide bonds. The maximum Gasteiger partial charge on any atom is 0.315 e. The molecule has 21 heavy (non-hydrogen) atoms. The number of hydrogen-bond acceptors (Lipinski definition) is 2. The van der Waals surface area contributed by atoms with Crippen LogP contribution in [0.15, 0.2) is 30.3 Å². The SMILES string of the molecule is CCOCCNC(=O)NC(CC(C)(C)C)c1ccccc1. The Kier molecular flexibility index (Phi) is 7.23. The minimum atomic E-state index is -0.146. The lowest BCUT2D eigenvalue weighted by Gasteiger charge is -2.27. The van der Waals surface area contributed by atoms with E-state index in [-0.39, 0.29) is 17.5 Å². The second-order valence-corrected chi connectivity index (χ2v) is 6.33. The number of nitrogens with one attached hydrogen (secondary N) is 2. The second kappa shape index (κ2) is 8.67. The standard InChI is InChI=1S/C17H28N2O2/c1-5-21-12-11-18-16(20)19-15(13-17(2,3)4)14-9-7-6-8-10-14/h6-10,15H,5,11-13H2,1-4H3,(H2,18,19,20). The van der Waals surface area contributed by atoms with Crippen LogP contribution in [-0.2, 0) is 4.74 Å². The van der Waals surface area contributed by atoms with E-state index in [4.69, 9.17) is 4.74 Å². The van der Waals surface area contributed by atoms with E-state index in [1.807, 2.05) is 25.1 Å². The average Bonchev–Trinajstić information content (AvgIpc) is 2.42. The molecule has 1 aromatic rings. The fraction of sp³-hybridized carbons (Fsp3) is 0.588. The Morgan fingerprint density at radius 2 is 1.90 bits per heavy atom. The molecule has 0 heterocycles. The van der Waals surface area contributed by atoms with Crippen LogP contribution in [0.4, 0.5) is 4.79 Å². The highest BCUT2D eigenvalue weighted by molar-refractivity contribution is 5.74. The summed E-state index contributed by atoms with van der Waals surface area (Å²) < 4.78 is 5.21. The number of urea groups is 1. The number of carbonyl (C=O) groups excluding carboxylic acids is 1. The Labute approximate surface area is 128 Å². The monoisotopic (exact) mass is 292 g/mol. The molecule has 0 aliphatic heterocycles. The van der Waals surface area contributed by atoms with Crippen molar-refractivity contribution in [2.24, 2.45) is 5.41 Å². The summed E-state index contributed by atoms with van der Waals surface area (Å²) in [4.78, 5) is 12.0. The van der Waals surface area contributed by atoms with Crippen LogP contribution < -0.4 is 10.6 Å².